The number of likely N-dealkylation sites (tertiary alicyclic amines) is 1. The lowest BCUT2D eigenvalue weighted by Crippen LogP contribution is -2.54. The van der Waals surface area contributed by atoms with E-state index in [1.807, 2.05) is 24.3 Å². The highest BCUT2D eigenvalue weighted by Gasteiger charge is 2.44. The van der Waals surface area contributed by atoms with Crippen molar-refractivity contribution in [3.63, 3.8) is 0 Å². The van der Waals surface area contributed by atoms with E-state index in [0.717, 1.165) is 88.4 Å². The zero-order valence-corrected chi connectivity index (χ0v) is 27.9. The maximum absolute atomic E-state index is 13.9. The van der Waals surface area contributed by atoms with Gasteiger partial charge in [-0.2, -0.15) is 13.2 Å². The van der Waals surface area contributed by atoms with Gasteiger partial charge in [0.2, 0.25) is 0 Å². The van der Waals surface area contributed by atoms with Crippen LogP contribution in [0.25, 0.3) is 0 Å². The zero-order chi connectivity index (χ0) is 33.9. The molecule has 2 saturated heterocycles. The number of benzene rings is 2. The molecule has 0 unspecified atom stereocenters. The average molecular weight is 692 g/mol. The van der Waals surface area contributed by atoms with Gasteiger partial charge in [0.1, 0.15) is 11.7 Å². The number of halogens is 4. The Labute approximate surface area is 284 Å². The van der Waals surface area contributed by atoms with E-state index in [2.05, 4.69) is 15.5 Å². The molecular formula is C35H45ClF3N5O4. The highest BCUT2D eigenvalue weighted by atomic mass is 35.5. The van der Waals surface area contributed by atoms with Gasteiger partial charge in [0, 0.05) is 63.9 Å². The van der Waals surface area contributed by atoms with E-state index in [4.69, 9.17) is 26.8 Å². The van der Waals surface area contributed by atoms with E-state index < -0.39 is 35.2 Å². The van der Waals surface area contributed by atoms with Crippen LogP contribution in [0.2, 0.25) is 5.02 Å². The molecule has 2 amide bonds. The number of piperidine rings is 1. The van der Waals surface area contributed by atoms with Gasteiger partial charge in [0.15, 0.2) is 0 Å². The Kier molecular flexibility index (Phi) is 10.7. The first-order valence-electron chi connectivity index (χ1n) is 17.1. The van der Waals surface area contributed by atoms with Crippen LogP contribution in [0.1, 0.15) is 68.1 Å². The van der Waals surface area contributed by atoms with E-state index in [-0.39, 0.29) is 22.9 Å². The SMILES string of the molecule is Nc1c(Cl)cc(C[C@@H](OCCCC2CCC3(CC2)OC(=O)Nc2ccccc23)C(=O)N2CCC(N3CCNCC3)CC2)cc1C(F)(F)F. The quantitative estimate of drug-likeness (QED) is 0.213. The number of carbonyl (C=O) groups excluding carboxylic acids is 2. The summed E-state index contributed by atoms with van der Waals surface area (Å²) in [4.78, 5) is 30.4. The number of nitrogens with two attached hydrogens (primary N) is 1. The van der Waals surface area contributed by atoms with Crippen LogP contribution < -0.4 is 16.4 Å². The molecule has 3 heterocycles. The van der Waals surface area contributed by atoms with Crippen LogP contribution in [-0.2, 0) is 32.5 Å². The number of fused-ring (bicyclic) bond motifs is 2. The monoisotopic (exact) mass is 691 g/mol. The summed E-state index contributed by atoms with van der Waals surface area (Å²) in [5, 5.41) is 5.97. The standard InChI is InChI=1S/C35H45ClF3N5O4/c36-28-21-24(20-27(31(28)40)35(37,38)39)22-30(32(45)44-15-9-25(10-16-44)43-17-13-41-14-18-43)47-19-3-4-23-7-11-34(12-8-23)26-5-1-2-6-29(26)42-33(46)48-34/h1-2,5-6,20-21,23,25,30,41H,3-4,7-19,22,40H2,(H,42,46)/t23?,30-,34?/m1/s1. The molecule has 13 heteroatoms. The molecule has 4 N–H and O–H groups in total. The average Bonchev–Trinajstić information content (AvgIpc) is 3.08. The number of alkyl halides is 3. The highest BCUT2D eigenvalue weighted by Crippen LogP contribution is 2.48. The number of ether oxygens (including phenoxy) is 2. The molecule has 48 heavy (non-hydrogen) atoms. The number of hydrogen-bond donors (Lipinski definition) is 3. The number of amides is 2. The molecule has 0 bridgehead atoms. The topological polar surface area (TPSA) is 109 Å². The molecule has 0 radical (unpaired) electrons. The summed E-state index contributed by atoms with van der Waals surface area (Å²) < 4.78 is 53.3. The third-order valence-electron chi connectivity index (χ3n) is 10.6. The smallest absolute Gasteiger partial charge is 0.418 e. The summed E-state index contributed by atoms with van der Waals surface area (Å²) in [6.45, 7) is 5.35. The lowest BCUT2D eigenvalue weighted by atomic mass is 9.73. The number of nitrogens with one attached hydrogen (secondary N) is 2. The molecule has 0 aromatic heterocycles. The van der Waals surface area contributed by atoms with Gasteiger partial charge in [-0.3, -0.25) is 15.0 Å². The van der Waals surface area contributed by atoms with Crippen LogP contribution in [0.5, 0.6) is 0 Å². The summed E-state index contributed by atoms with van der Waals surface area (Å²) in [6, 6.07) is 10.6. The predicted molar refractivity (Wildman–Crippen MR) is 178 cm³/mol. The van der Waals surface area contributed by atoms with Crippen LogP contribution in [0.3, 0.4) is 0 Å². The molecule has 1 atom stereocenters. The molecule has 4 aliphatic rings. The summed E-state index contributed by atoms with van der Waals surface area (Å²) in [5.41, 5.74) is 5.59. The third-order valence-corrected chi connectivity index (χ3v) is 10.9. The number of para-hydroxylation sites is 1. The second-order valence-electron chi connectivity index (χ2n) is 13.6. The van der Waals surface area contributed by atoms with Gasteiger partial charge in [-0.1, -0.05) is 29.8 Å². The van der Waals surface area contributed by atoms with E-state index in [1.165, 1.54) is 6.07 Å². The van der Waals surface area contributed by atoms with Crippen molar-refractivity contribution in [3.05, 3.63) is 58.1 Å². The molecular weight excluding hydrogens is 647 g/mol. The maximum Gasteiger partial charge on any atom is 0.418 e. The Balaban J connectivity index is 1.07. The van der Waals surface area contributed by atoms with Crippen LogP contribution >= 0.6 is 11.6 Å². The fourth-order valence-corrected chi connectivity index (χ4v) is 8.16. The third kappa shape index (κ3) is 7.87. The largest absolute Gasteiger partial charge is 0.438 e. The first-order chi connectivity index (χ1) is 23.0. The molecule has 6 rings (SSSR count). The Hall–Kier alpha value is -3.06. The summed E-state index contributed by atoms with van der Waals surface area (Å²) in [6.07, 6.45) is 0.414. The van der Waals surface area contributed by atoms with Crippen molar-refractivity contribution in [1.29, 1.82) is 0 Å². The van der Waals surface area contributed by atoms with Crippen LogP contribution in [0, 0.1) is 5.92 Å². The molecule has 3 fully saturated rings. The second-order valence-corrected chi connectivity index (χ2v) is 14.0. The maximum atomic E-state index is 13.9. The molecule has 1 saturated carbocycles. The van der Waals surface area contributed by atoms with Crippen molar-refractivity contribution in [2.45, 2.75) is 81.7 Å². The van der Waals surface area contributed by atoms with Gasteiger partial charge in [-0.05, 0) is 81.0 Å². The van der Waals surface area contributed by atoms with Crippen LogP contribution in [0.15, 0.2) is 36.4 Å². The van der Waals surface area contributed by atoms with Gasteiger partial charge < -0.3 is 25.4 Å². The molecule has 1 aliphatic carbocycles. The van der Waals surface area contributed by atoms with E-state index in [0.29, 0.717) is 38.1 Å². The van der Waals surface area contributed by atoms with E-state index in [1.54, 1.807) is 4.90 Å². The van der Waals surface area contributed by atoms with Gasteiger partial charge in [0.05, 0.1) is 22.0 Å². The minimum Gasteiger partial charge on any atom is -0.438 e. The van der Waals surface area contributed by atoms with Crippen molar-refractivity contribution in [1.82, 2.24) is 15.1 Å². The van der Waals surface area contributed by atoms with Crippen molar-refractivity contribution < 1.29 is 32.2 Å². The fraction of sp³-hybridized carbons (Fsp3) is 0.600. The van der Waals surface area contributed by atoms with Crippen LogP contribution in [0.4, 0.5) is 29.3 Å². The van der Waals surface area contributed by atoms with E-state index in [9.17, 15) is 22.8 Å². The Bertz CT molecular complexity index is 1450. The van der Waals surface area contributed by atoms with Gasteiger partial charge >= 0.3 is 12.3 Å². The fourth-order valence-electron chi connectivity index (χ4n) is 7.92. The summed E-state index contributed by atoms with van der Waals surface area (Å²) >= 11 is 6.13. The number of hydrogen-bond acceptors (Lipinski definition) is 7. The first-order valence-corrected chi connectivity index (χ1v) is 17.5. The number of anilines is 2. The minimum atomic E-state index is -4.68. The molecule has 2 aromatic rings. The minimum absolute atomic E-state index is 0.0373. The Morgan fingerprint density at radius 1 is 1.08 bits per heavy atom. The van der Waals surface area contributed by atoms with Gasteiger partial charge in [-0.25, -0.2) is 4.79 Å². The van der Waals surface area contributed by atoms with Crippen molar-refractivity contribution in [2.75, 3.05) is 56.9 Å². The Morgan fingerprint density at radius 3 is 2.50 bits per heavy atom. The molecule has 262 valence electrons. The van der Waals surface area contributed by atoms with Crippen molar-refractivity contribution in [3.8, 4) is 0 Å². The summed E-state index contributed by atoms with van der Waals surface area (Å²) in [5.74, 6) is 0.199. The molecule has 9 nitrogen and oxygen atoms in total. The predicted octanol–water partition coefficient (Wildman–Crippen LogP) is 6.19. The van der Waals surface area contributed by atoms with Crippen molar-refractivity contribution >= 4 is 35.0 Å². The number of piperazine rings is 1. The molecule has 1 spiro atoms. The number of nitrogen functional groups attached to an aromatic ring is 1. The number of rotatable bonds is 9. The first kappa shape index (κ1) is 34.8. The molecule has 3 aliphatic heterocycles. The van der Waals surface area contributed by atoms with Crippen LogP contribution in [-0.4, -0.2) is 79.8 Å². The van der Waals surface area contributed by atoms with Gasteiger partial charge in [0.25, 0.3) is 5.91 Å². The number of nitrogens with zero attached hydrogens (tertiary/aromatic N) is 2. The summed E-state index contributed by atoms with van der Waals surface area (Å²) in [7, 11) is 0. The normalized spacial score (nSPS) is 24.5. The lowest BCUT2D eigenvalue weighted by Gasteiger charge is -2.43. The Morgan fingerprint density at radius 2 is 1.79 bits per heavy atom. The lowest BCUT2D eigenvalue weighted by molar-refractivity contribution is -0.145. The molecule has 2 aromatic carbocycles. The highest BCUT2D eigenvalue weighted by molar-refractivity contribution is 6.33. The van der Waals surface area contributed by atoms with Gasteiger partial charge in [-0.15, -0.1) is 0 Å². The van der Waals surface area contributed by atoms with Crippen molar-refractivity contribution in [2.24, 2.45) is 5.92 Å². The zero-order valence-electron chi connectivity index (χ0n) is 27.1. The number of carbonyl (C=O) groups is 2. The van der Waals surface area contributed by atoms with E-state index >= 15 is 0 Å². The second kappa shape index (κ2) is 14.8.